The molecule has 2 aromatic rings. The SMILES string of the molecule is CCN(CC)C(=O)Cn1cnc2c(C)cccc2c1=O. The number of fused-ring (bicyclic) bond motifs is 1. The fourth-order valence-corrected chi connectivity index (χ4v) is 2.27. The van der Waals surface area contributed by atoms with Crippen molar-refractivity contribution in [2.24, 2.45) is 0 Å². The Hall–Kier alpha value is -2.17. The topological polar surface area (TPSA) is 55.2 Å². The van der Waals surface area contributed by atoms with Crippen LogP contribution in [0.3, 0.4) is 0 Å². The summed E-state index contributed by atoms with van der Waals surface area (Å²) in [5, 5.41) is 0.555. The average molecular weight is 273 g/mol. The predicted octanol–water partition coefficient (Wildman–Crippen LogP) is 1.57. The van der Waals surface area contributed by atoms with Crippen LogP contribution in [0.25, 0.3) is 10.9 Å². The number of nitrogens with zero attached hydrogens (tertiary/aromatic N) is 3. The molecule has 2 rings (SSSR count). The van der Waals surface area contributed by atoms with E-state index in [1.807, 2.05) is 32.9 Å². The molecule has 0 spiro atoms. The van der Waals surface area contributed by atoms with Gasteiger partial charge < -0.3 is 4.90 Å². The highest BCUT2D eigenvalue weighted by molar-refractivity contribution is 5.81. The summed E-state index contributed by atoms with van der Waals surface area (Å²) in [5.41, 5.74) is 1.49. The molecule has 1 amide bonds. The number of aromatic nitrogens is 2. The molecule has 0 aliphatic rings. The van der Waals surface area contributed by atoms with Gasteiger partial charge in [-0.25, -0.2) is 4.98 Å². The lowest BCUT2D eigenvalue weighted by molar-refractivity contribution is -0.131. The third-order valence-electron chi connectivity index (χ3n) is 3.48. The number of hydrogen-bond acceptors (Lipinski definition) is 3. The number of rotatable bonds is 4. The summed E-state index contributed by atoms with van der Waals surface area (Å²) in [5.74, 6) is -0.0640. The lowest BCUT2D eigenvalue weighted by atomic mass is 10.1. The van der Waals surface area contributed by atoms with Gasteiger partial charge in [-0.15, -0.1) is 0 Å². The maximum Gasteiger partial charge on any atom is 0.261 e. The number of amides is 1. The minimum absolute atomic E-state index is 0.0391. The van der Waals surface area contributed by atoms with Crippen LogP contribution in [0.5, 0.6) is 0 Å². The highest BCUT2D eigenvalue weighted by Crippen LogP contribution is 2.11. The smallest absolute Gasteiger partial charge is 0.261 e. The van der Waals surface area contributed by atoms with Crippen molar-refractivity contribution in [3.63, 3.8) is 0 Å². The van der Waals surface area contributed by atoms with Crippen LogP contribution >= 0.6 is 0 Å². The molecule has 1 heterocycles. The second-order valence-corrected chi connectivity index (χ2v) is 4.71. The highest BCUT2D eigenvalue weighted by Gasteiger charge is 2.12. The van der Waals surface area contributed by atoms with Crippen molar-refractivity contribution in [1.29, 1.82) is 0 Å². The number of para-hydroxylation sites is 1. The maximum absolute atomic E-state index is 12.4. The molecule has 0 saturated heterocycles. The summed E-state index contributed by atoms with van der Waals surface area (Å²) in [6, 6.07) is 5.49. The summed E-state index contributed by atoms with van der Waals surface area (Å²) in [6.45, 7) is 7.09. The van der Waals surface area contributed by atoms with Gasteiger partial charge in [0.25, 0.3) is 5.56 Å². The summed E-state index contributed by atoms with van der Waals surface area (Å²) in [4.78, 5) is 30.4. The van der Waals surface area contributed by atoms with Gasteiger partial charge in [-0.05, 0) is 32.4 Å². The Morgan fingerprint density at radius 1 is 1.30 bits per heavy atom. The zero-order valence-corrected chi connectivity index (χ0v) is 12.1. The molecule has 0 atom stereocenters. The van der Waals surface area contributed by atoms with Crippen LogP contribution in [0.15, 0.2) is 29.3 Å². The molecule has 0 bridgehead atoms. The van der Waals surface area contributed by atoms with E-state index in [0.29, 0.717) is 24.0 Å². The first-order valence-electron chi connectivity index (χ1n) is 6.81. The predicted molar refractivity (Wildman–Crippen MR) is 78.7 cm³/mol. The Morgan fingerprint density at radius 2 is 2.00 bits per heavy atom. The molecule has 5 nitrogen and oxygen atoms in total. The van der Waals surface area contributed by atoms with Crippen molar-refractivity contribution in [2.75, 3.05) is 13.1 Å². The number of hydrogen-bond donors (Lipinski definition) is 0. The van der Waals surface area contributed by atoms with E-state index in [1.165, 1.54) is 10.9 Å². The molecular weight excluding hydrogens is 254 g/mol. The largest absolute Gasteiger partial charge is 0.342 e. The van der Waals surface area contributed by atoms with E-state index in [-0.39, 0.29) is 18.0 Å². The second-order valence-electron chi connectivity index (χ2n) is 4.71. The van der Waals surface area contributed by atoms with E-state index in [1.54, 1.807) is 11.0 Å². The molecule has 0 N–H and O–H groups in total. The molecule has 1 aromatic heterocycles. The zero-order chi connectivity index (χ0) is 14.7. The van der Waals surface area contributed by atoms with Gasteiger partial charge in [-0.2, -0.15) is 0 Å². The van der Waals surface area contributed by atoms with Gasteiger partial charge >= 0.3 is 0 Å². The van der Waals surface area contributed by atoms with Crippen LogP contribution in [0.2, 0.25) is 0 Å². The molecule has 106 valence electrons. The quantitative estimate of drug-likeness (QED) is 0.849. The van der Waals surface area contributed by atoms with Crippen molar-refractivity contribution >= 4 is 16.8 Å². The van der Waals surface area contributed by atoms with E-state index >= 15 is 0 Å². The normalized spacial score (nSPS) is 10.8. The van der Waals surface area contributed by atoms with Crippen LogP contribution in [-0.4, -0.2) is 33.4 Å². The van der Waals surface area contributed by atoms with E-state index < -0.39 is 0 Å². The van der Waals surface area contributed by atoms with E-state index in [9.17, 15) is 9.59 Å². The summed E-state index contributed by atoms with van der Waals surface area (Å²) in [7, 11) is 0. The van der Waals surface area contributed by atoms with Gasteiger partial charge in [0.05, 0.1) is 17.2 Å². The van der Waals surface area contributed by atoms with E-state index in [2.05, 4.69) is 4.98 Å². The lowest BCUT2D eigenvalue weighted by Gasteiger charge is -2.19. The Bertz CT molecular complexity index is 687. The van der Waals surface area contributed by atoms with Crippen molar-refractivity contribution in [1.82, 2.24) is 14.5 Å². The minimum atomic E-state index is -0.167. The van der Waals surface area contributed by atoms with Crippen molar-refractivity contribution in [3.8, 4) is 0 Å². The molecule has 5 heteroatoms. The van der Waals surface area contributed by atoms with Crippen LogP contribution in [0, 0.1) is 6.92 Å². The molecule has 1 aromatic carbocycles. The monoisotopic (exact) mass is 273 g/mol. The number of carbonyl (C=O) groups is 1. The Balaban J connectivity index is 2.40. The highest BCUT2D eigenvalue weighted by atomic mass is 16.2. The first kappa shape index (κ1) is 14.2. The van der Waals surface area contributed by atoms with E-state index in [0.717, 1.165) is 5.56 Å². The van der Waals surface area contributed by atoms with Gasteiger partial charge in [0, 0.05) is 13.1 Å². The Morgan fingerprint density at radius 3 is 2.65 bits per heavy atom. The first-order valence-corrected chi connectivity index (χ1v) is 6.81. The van der Waals surface area contributed by atoms with E-state index in [4.69, 9.17) is 0 Å². The van der Waals surface area contributed by atoms with Crippen LogP contribution < -0.4 is 5.56 Å². The third-order valence-corrected chi connectivity index (χ3v) is 3.48. The fourth-order valence-electron chi connectivity index (χ4n) is 2.27. The Labute approximate surface area is 117 Å². The minimum Gasteiger partial charge on any atom is -0.342 e. The molecule has 0 fully saturated rings. The van der Waals surface area contributed by atoms with Gasteiger partial charge in [-0.1, -0.05) is 12.1 Å². The van der Waals surface area contributed by atoms with Crippen molar-refractivity contribution < 1.29 is 4.79 Å². The second kappa shape index (κ2) is 5.86. The Kier molecular flexibility index (Phi) is 4.17. The van der Waals surface area contributed by atoms with Crippen LogP contribution in [0.1, 0.15) is 19.4 Å². The average Bonchev–Trinajstić information content (AvgIpc) is 2.44. The summed E-state index contributed by atoms with van der Waals surface area (Å²) < 4.78 is 1.38. The number of likely N-dealkylation sites (N-methyl/N-ethyl adjacent to an activating group) is 1. The van der Waals surface area contributed by atoms with Gasteiger partial charge in [0.1, 0.15) is 6.54 Å². The molecular formula is C15H19N3O2. The standard InChI is InChI=1S/C15H19N3O2/c1-4-17(5-2)13(19)9-18-10-16-14-11(3)7-6-8-12(14)15(18)20/h6-8,10H,4-5,9H2,1-3H3. The first-order chi connectivity index (χ1) is 9.58. The molecule has 0 radical (unpaired) electrons. The number of carbonyl (C=O) groups excluding carboxylic acids is 1. The van der Waals surface area contributed by atoms with Gasteiger partial charge in [0.2, 0.25) is 5.91 Å². The lowest BCUT2D eigenvalue weighted by Crippen LogP contribution is -2.36. The molecule has 0 aliphatic heterocycles. The molecule has 0 saturated carbocycles. The van der Waals surface area contributed by atoms with Crippen molar-refractivity contribution in [3.05, 3.63) is 40.4 Å². The zero-order valence-electron chi connectivity index (χ0n) is 12.1. The van der Waals surface area contributed by atoms with Gasteiger partial charge in [-0.3, -0.25) is 14.2 Å². The number of aryl methyl sites for hydroxylation is 1. The fraction of sp³-hybridized carbons (Fsp3) is 0.400. The number of benzene rings is 1. The third kappa shape index (κ3) is 2.57. The van der Waals surface area contributed by atoms with Crippen LogP contribution in [-0.2, 0) is 11.3 Å². The van der Waals surface area contributed by atoms with Gasteiger partial charge in [0.15, 0.2) is 0 Å². The molecule has 0 aliphatic carbocycles. The van der Waals surface area contributed by atoms with Crippen LogP contribution in [0.4, 0.5) is 0 Å². The molecule has 20 heavy (non-hydrogen) atoms. The maximum atomic E-state index is 12.4. The summed E-state index contributed by atoms with van der Waals surface area (Å²) in [6.07, 6.45) is 1.46. The summed E-state index contributed by atoms with van der Waals surface area (Å²) >= 11 is 0. The van der Waals surface area contributed by atoms with Crippen molar-refractivity contribution in [2.45, 2.75) is 27.3 Å². The molecule has 0 unspecified atom stereocenters.